The number of para-hydroxylation sites is 1. The number of aromatic nitrogens is 1. The summed E-state index contributed by atoms with van der Waals surface area (Å²) < 4.78 is 29.2. The molecule has 136 valence electrons. The molecule has 0 spiro atoms. The number of nitrogens with one attached hydrogen (secondary N) is 1. The number of hydrogen-bond acceptors (Lipinski definition) is 4. The number of alkyl halides is 2. The van der Waals surface area contributed by atoms with E-state index in [0.717, 1.165) is 11.3 Å². The lowest BCUT2D eigenvalue weighted by molar-refractivity contribution is -0.120. The van der Waals surface area contributed by atoms with E-state index in [9.17, 15) is 18.4 Å². The fourth-order valence-corrected chi connectivity index (χ4v) is 2.79. The first kappa shape index (κ1) is 17.8. The molecule has 0 fully saturated rings. The Balaban J connectivity index is 1.72. The largest absolute Gasteiger partial charge is 0.472 e. The van der Waals surface area contributed by atoms with Crippen LogP contribution in [0.4, 0.5) is 14.5 Å². The van der Waals surface area contributed by atoms with Gasteiger partial charge in [-0.15, -0.1) is 0 Å². The molecule has 2 amide bonds. The number of fused-ring (bicyclic) bond motifs is 1. The number of carbonyl (C=O) groups is 2. The summed E-state index contributed by atoms with van der Waals surface area (Å²) in [4.78, 5) is 30.3. The fourth-order valence-electron chi connectivity index (χ4n) is 2.79. The molecular weight excluding hydrogens is 344 g/mol. The third-order valence-corrected chi connectivity index (χ3v) is 4.02. The zero-order valence-electron chi connectivity index (χ0n) is 14.0. The summed E-state index contributed by atoms with van der Waals surface area (Å²) in [7, 11) is 1.65. The molecule has 2 heterocycles. The van der Waals surface area contributed by atoms with Crippen molar-refractivity contribution in [2.75, 3.05) is 18.6 Å². The Bertz CT molecular complexity index is 829. The number of likely N-dealkylation sites (N-methyl/N-ethyl adjacent to an activating group) is 1. The molecular formula is C18H17F2N3O3. The van der Waals surface area contributed by atoms with Gasteiger partial charge >= 0.3 is 0 Å². The third kappa shape index (κ3) is 3.79. The van der Waals surface area contributed by atoms with Gasteiger partial charge in [-0.05, 0) is 17.7 Å². The monoisotopic (exact) mass is 361 g/mol. The van der Waals surface area contributed by atoms with Crippen LogP contribution in [0.2, 0.25) is 0 Å². The Morgan fingerprint density at radius 1 is 1.31 bits per heavy atom. The van der Waals surface area contributed by atoms with E-state index in [2.05, 4.69) is 10.3 Å². The summed E-state index contributed by atoms with van der Waals surface area (Å²) in [5.41, 5.74) is 1.75. The Morgan fingerprint density at radius 2 is 2.08 bits per heavy atom. The molecule has 0 saturated carbocycles. The van der Waals surface area contributed by atoms with E-state index in [1.165, 1.54) is 23.1 Å². The molecule has 0 aliphatic carbocycles. The van der Waals surface area contributed by atoms with Crippen LogP contribution < -0.4 is 15.0 Å². The van der Waals surface area contributed by atoms with Gasteiger partial charge in [0.1, 0.15) is 11.7 Å². The number of rotatable bonds is 5. The van der Waals surface area contributed by atoms with Gasteiger partial charge in [-0.1, -0.05) is 24.3 Å². The highest BCUT2D eigenvalue weighted by molar-refractivity contribution is 6.03. The van der Waals surface area contributed by atoms with Crippen molar-refractivity contribution >= 4 is 17.5 Å². The van der Waals surface area contributed by atoms with Crippen LogP contribution in [0.1, 0.15) is 16.1 Å². The maximum absolute atomic E-state index is 12.5. The number of anilines is 1. The van der Waals surface area contributed by atoms with Gasteiger partial charge in [0.25, 0.3) is 12.3 Å². The van der Waals surface area contributed by atoms with Crippen molar-refractivity contribution in [1.82, 2.24) is 10.3 Å². The van der Waals surface area contributed by atoms with E-state index in [4.69, 9.17) is 4.74 Å². The Labute approximate surface area is 148 Å². The van der Waals surface area contributed by atoms with Crippen molar-refractivity contribution in [2.45, 2.75) is 18.9 Å². The fraction of sp³-hybridized carbons (Fsp3) is 0.278. The molecule has 1 aromatic heterocycles. The van der Waals surface area contributed by atoms with E-state index in [-0.39, 0.29) is 17.5 Å². The van der Waals surface area contributed by atoms with Gasteiger partial charge in [0.2, 0.25) is 11.8 Å². The van der Waals surface area contributed by atoms with Gasteiger partial charge in [0, 0.05) is 25.2 Å². The first-order valence-corrected chi connectivity index (χ1v) is 8.00. The van der Waals surface area contributed by atoms with Gasteiger partial charge in [-0.2, -0.15) is 0 Å². The van der Waals surface area contributed by atoms with Gasteiger partial charge in [0.05, 0.1) is 0 Å². The Morgan fingerprint density at radius 3 is 2.85 bits per heavy atom. The lowest BCUT2D eigenvalue weighted by atomic mass is 9.97. The molecule has 1 atom stereocenters. The molecule has 1 aliphatic rings. The maximum atomic E-state index is 12.5. The molecule has 8 heteroatoms. The SMILES string of the molecule is CN1C(=O)C(NC(=O)c2cccc(OCC(F)F)n2)Cc2ccccc21. The van der Waals surface area contributed by atoms with E-state index in [0.29, 0.717) is 6.42 Å². The zero-order chi connectivity index (χ0) is 18.7. The van der Waals surface area contributed by atoms with E-state index in [1.807, 2.05) is 24.3 Å². The predicted molar refractivity (Wildman–Crippen MR) is 90.5 cm³/mol. The van der Waals surface area contributed by atoms with Gasteiger partial charge in [-0.25, -0.2) is 13.8 Å². The first-order valence-electron chi connectivity index (χ1n) is 8.00. The van der Waals surface area contributed by atoms with Gasteiger partial charge in [0.15, 0.2) is 6.61 Å². The number of nitrogens with zero attached hydrogens (tertiary/aromatic N) is 2. The van der Waals surface area contributed by atoms with Crippen molar-refractivity contribution in [3.63, 3.8) is 0 Å². The van der Waals surface area contributed by atoms with Crippen LogP contribution in [-0.4, -0.2) is 42.9 Å². The molecule has 1 aliphatic heterocycles. The second-order valence-corrected chi connectivity index (χ2v) is 5.82. The van der Waals surface area contributed by atoms with Gasteiger partial charge < -0.3 is 15.0 Å². The minimum Gasteiger partial charge on any atom is -0.472 e. The number of pyridine rings is 1. The molecule has 1 N–H and O–H groups in total. The number of amides is 2. The van der Waals surface area contributed by atoms with Crippen LogP contribution in [0.5, 0.6) is 5.88 Å². The van der Waals surface area contributed by atoms with Crippen molar-refractivity contribution < 1.29 is 23.1 Å². The third-order valence-electron chi connectivity index (χ3n) is 4.02. The maximum Gasteiger partial charge on any atom is 0.272 e. The van der Waals surface area contributed by atoms with Crippen LogP contribution in [0.3, 0.4) is 0 Å². The molecule has 2 aromatic rings. The Kier molecular flexibility index (Phi) is 5.11. The smallest absolute Gasteiger partial charge is 0.272 e. The van der Waals surface area contributed by atoms with Crippen LogP contribution in [0, 0.1) is 0 Å². The van der Waals surface area contributed by atoms with Crippen LogP contribution in [0.25, 0.3) is 0 Å². The molecule has 26 heavy (non-hydrogen) atoms. The molecule has 0 saturated heterocycles. The van der Waals surface area contributed by atoms with Crippen LogP contribution >= 0.6 is 0 Å². The van der Waals surface area contributed by atoms with Crippen molar-refractivity contribution in [2.24, 2.45) is 0 Å². The van der Waals surface area contributed by atoms with Gasteiger partial charge in [-0.3, -0.25) is 9.59 Å². The highest BCUT2D eigenvalue weighted by Crippen LogP contribution is 2.26. The highest BCUT2D eigenvalue weighted by Gasteiger charge is 2.31. The number of benzene rings is 1. The summed E-state index contributed by atoms with van der Waals surface area (Å²) in [6.07, 6.45) is -2.27. The lowest BCUT2D eigenvalue weighted by Crippen LogP contribution is -2.51. The number of ether oxygens (including phenoxy) is 1. The van der Waals surface area contributed by atoms with Crippen molar-refractivity contribution in [1.29, 1.82) is 0 Å². The van der Waals surface area contributed by atoms with Crippen molar-refractivity contribution in [3.05, 3.63) is 53.7 Å². The second kappa shape index (κ2) is 7.47. The average molecular weight is 361 g/mol. The lowest BCUT2D eigenvalue weighted by Gasteiger charge is -2.31. The highest BCUT2D eigenvalue weighted by atomic mass is 19.3. The zero-order valence-corrected chi connectivity index (χ0v) is 14.0. The van der Waals surface area contributed by atoms with E-state index < -0.39 is 25.0 Å². The normalized spacial score (nSPS) is 16.4. The molecule has 1 unspecified atom stereocenters. The minimum absolute atomic E-state index is 0.00826. The van der Waals surface area contributed by atoms with Crippen LogP contribution in [-0.2, 0) is 11.2 Å². The summed E-state index contributed by atoms with van der Waals surface area (Å²) in [5.74, 6) is -0.879. The summed E-state index contributed by atoms with van der Waals surface area (Å²) >= 11 is 0. The standard InChI is InChI=1S/C18H17F2N3O3/c1-23-14-7-3-2-5-11(14)9-13(18(23)25)22-17(24)12-6-4-8-16(21-12)26-10-15(19)20/h2-8,13,15H,9-10H2,1H3,(H,22,24). The molecule has 1 aromatic carbocycles. The second-order valence-electron chi connectivity index (χ2n) is 5.82. The summed E-state index contributed by atoms with van der Waals surface area (Å²) in [6.45, 7) is -0.805. The minimum atomic E-state index is -2.63. The number of carbonyl (C=O) groups excluding carboxylic acids is 2. The van der Waals surface area contributed by atoms with E-state index in [1.54, 1.807) is 7.05 Å². The molecule has 0 bridgehead atoms. The number of halogens is 2. The quantitative estimate of drug-likeness (QED) is 0.885. The number of hydrogen-bond donors (Lipinski definition) is 1. The van der Waals surface area contributed by atoms with Crippen molar-refractivity contribution in [3.8, 4) is 5.88 Å². The summed E-state index contributed by atoms with van der Waals surface area (Å²) in [6, 6.07) is 11.0. The summed E-state index contributed by atoms with van der Waals surface area (Å²) in [5, 5.41) is 2.65. The van der Waals surface area contributed by atoms with E-state index >= 15 is 0 Å². The first-order chi connectivity index (χ1) is 12.5. The molecule has 0 radical (unpaired) electrons. The molecule has 6 nitrogen and oxygen atoms in total. The Hall–Kier alpha value is -3.03. The average Bonchev–Trinajstić information content (AvgIpc) is 2.64. The topological polar surface area (TPSA) is 71.5 Å². The molecule has 3 rings (SSSR count). The van der Waals surface area contributed by atoms with Crippen LogP contribution in [0.15, 0.2) is 42.5 Å². The predicted octanol–water partition coefficient (Wildman–Crippen LogP) is 2.04.